The van der Waals surface area contributed by atoms with Crippen molar-refractivity contribution in [2.45, 2.75) is 37.7 Å². The lowest BCUT2D eigenvalue weighted by atomic mass is 9.80. The van der Waals surface area contributed by atoms with Gasteiger partial charge in [0.2, 0.25) is 0 Å². The first-order valence-corrected chi connectivity index (χ1v) is 6.95. The molecular weight excluding hydrogens is 258 g/mol. The molecule has 0 aromatic heterocycles. The molecule has 0 aliphatic carbocycles. The zero-order chi connectivity index (χ0) is 13.6. The fourth-order valence-electron chi connectivity index (χ4n) is 2.02. The van der Waals surface area contributed by atoms with Gasteiger partial charge in [0, 0.05) is 0 Å². The van der Waals surface area contributed by atoms with Crippen LogP contribution in [0.15, 0.2) is 17.4 Å². The molecule has 2 aliphatic heterocycles. The standard InChI is InChI=1S/C10H14BO6P/c1-6(2)3-4-10-8(16-18(13,14)17-10)7(5-12)15-9(10)11/h4,7-9,12H,5H2,1-2H3,(H,13,14)/t7-,8?,9-,10-/m1/s1. The number of fused-ring (bicyclic) bond motifs is 1. The second-order valence-corrected chi connectivity index (χ2v) is 5.84. The van der Waals surface area contributed by atoms with Gasteiger partial charge in [-0.2, -0.15) is 0 Å². The van der Waals surface area contributed by atoms with Crippen molar-refractivity contribution in [3.8, 4) is 0 Å². The highest BCUT2D eigenvalue weighted by atomic mass is 31.2. The largest absolute Gasteiger partial charge is 0.473 e. The third-order valence-corrected chi connectivity index (χ3v) is 3.88. The van der Waals surface area contributed by atoms with E-state index in [1.807, 2.05) is 0 Å². The zero-order valence-corrected chi connectivity index (χ0v) is 11.0. The summed E-state index contributed by atoms with van der Waals surface area (Å²) in [6.07, 6.45) is -0.304. The van der Waals surface area contributed by atoms with Crippen molar-refractivity contribution in [1.29, 1.82) is 0 Å². The predicted octanol–water partition coefficient (Wildman–Crippen LogP) is 0.248. The number of phosphoric ester groups is 1. The van der Waals surface area contributed by atoms with Gasteiger partial charge in [-0.1, -0.05) is 0 Å². The van der Waals surface area contributed by atoms with Crippen molar-refractivity contribution < 1.29 is 28.3 Å². The lowest BCUT2D eigenvalue weighted by Gasteiger charge is -2.24. The zero-order valence-electron chi connectivity index (χ0n) is 10.1. The Morgan fingerprint density at radius 3 is 2.83 bits per heavy atom. The Kier molecular flexibility index (Phi) is 3.60. The van der Waals surface area contributed by atoms with Crippen molar-refractivity contribution >= 4 is 15.7 Å². The lowest BCUT2D eigenvalue weighted by Crippen LogP contribution is -2.44. The van der Waals surface area contributed by atoms with E-state index < -0.39 is 31.6 Å². The maximum absolute atomic E-state index is 11.5. The summed E-state index contributed by atoms with van der Waals surface area (Å²) in [5.74, 6) is 0. The van der Waals surface area contributed by atoms with Crippen molar-refractivity contribution in [1.82, 2.24) is 0 Å². The summed E-state index contributed by atoms with van der Waals surface area (Å²) in [6, 6.07) is -1.01. The molecule has 2 fully saturated rings. The summed E-state index contributed by atoms with van der Waals surface area (Å²) in [6.45, 7) is 3.23. The average Bonchev–Trinajstić information content (AvgIpc) is 2.67. The van der Waals surface area contributed by atoms with Gasteiger partial charge in [-0.15, -0.1) is 5.73 Å². The van der Waals surface area contributed by atoms with Crippen LogP contribution >= 0.6 is 7.82 Å². The summed E-state index contributed by atoms with van der Waals surface area (Å²) in [4.78, 5) is 9.43. The maximum atomic E-state index is 11.5. The van der Waals surface area contributed by atoms with Gasteiger partial charge >= 0.3 is 7.82 Å². The van der Waals surface area contributed by atoms with E-state index >= 15 is 0 Å². The van der Waals surface area contributed by atoms with Crippen LogP contribution in [0.1, 0.15) is 13.8 Å². The van der Waals surface area contributed by atoms with Crippen LogP contribution in [-0.4, -0.2) is 48.3 Å². The number of phosphoric acid groups is 1. The van der Waals surface area contributed by atoms with E-state index in [9.17, 15) is 9.46 Å². The number of hydrogen-bond donors (Lipinski definition) is 2. The third-order valence-electron chi connectivity index (χ3n) is 2.84. The molecule has 0 aromatic rings. The minimum atomic E-state index is -4.19. The van der Waals surface area contributed by atoms with E-state index in [0.717, 1.165) is 5.57 Å². The van der Waals surface area contributed by atoms with Crippen molar-refractivity contribution in [2.24, 2.45) is 0 Å². The summed E-state index contributed by atoms with van der Waals surface area (Å²) in [5, 5.41) is 9.17. The van der Waals surface area contributed by atoms with Crippen LogP contribution in [0.2, 0.25) is 0 Å². The first-order chi connectivity index (χ1) is 8.31. The fraction of sp³-hybridized carbons (Fsp3) is 0.700. The predicted molar refractivity (Wildman–Crippen MR) is 63.0 cm³/mol. The molecule has 2 heterocycles. The van der Waals surface area contributed by atoms with Gasteiger partial charge in [0.25, 0.3) is 0 Å². The van der Waals surface area contributed by atoms with Crippen LogP contribution in [0.5, 0.6) is 0 Å². The molecule has 2 saturated heterocycles. The molecule has 2 radical (unpaired) electrons. The Morgan fingerprint density at radius 2 is 2.28 bits per heavy atom. The molecule has 0 bridgehead atoms. The summed E-state index contributed by atoms with van der Waals surface area (Å²) in [7, 11) is 1.59. The SMILES string of the molecule is [B][C@@H]1O[C@H](CO)C2OP(=O)(O)O[C@]21C=C=C(C)C. The van der Waals surface area contributed by atoms with Crippen LogP contribution in [0.3, 0.4) is 0 Å². The average molecular weight is 272 g/mol. The minimum Gasteiger partial charge on any atom is -0.394 e. The molecule has 0 amide bonds. The second kappa shape index (κ2) is 4.62. The molecule has 98 valence electrons. The van der Waals surface area contributed by atoms with Crippen molar-refractivity contribution in [2.75, 3.05) is 6.61 Å². The molecule has 2 N–H and O–H groups in total. The molecule has 2 unspecified atom stereocenters. The molecule has 18 heavy (non-hydrogen) atoms. The molecular formula is C10H14BO6P. The summed E-state index contributed by atoms with van der Waals surface area (Å²) >= 11 is 0. The molecule has 5 atom stereocenters. The number of rotatable bonds is 2. The molecule has 0 spiro atoms. The van der Waals surface area contributed by atoms with Crippen LogP contribution in [-0.2, 0) is 18.3 Å². The smallest absolute Gasteiger partial charge is 0.394 e. The molecule has 2 rings (SSSR count). The molecule has 2 aliphatic rings. The van der Waals surface area contributed by atoms with Gasteiger partial charge in [0.1, 0.15) is 20.1 Å². The Morgan fingerprint density at radius 1 is 1.61 bits per heavy atom. The minimum absolute atomic E-state index is 0.383. The Bertz CT molecular complexity index is 455. The van der Waals surface area contributed by atoms with Crippen LogP contribution < -0.4 is 0 Å². The second-order valence-electron chi connectivity index (χ2n) is 4.51. The van der Waals surface area contributed by atoms with Crippen LogP contribution in [0, 0.1) is 0 Å². The summed E-state index contributed by atoms with van der Waals surface area (Å²) in [5.41, 5.74) is 2.32. The molecule has 8 heteroatoms. The van der Waals surface area contributed by atoms with E-state index in [4.69, 9.17) is 26.7 Å². The quantitative estimate of drug-likeness (QED) is 0.425. The number of aliphatic hydroxyl groups is 1. The van der Waals surface area contributed by atoms with Crippen LogP contribution in [0.25, 0.3) is 0 Å². The normalized spacial score (nSPS) is 46.6. The number of hydrogen-bond acceptors (Lipinski definition) is 5. The Hall–Kier alpha value is -0.385. The molecule has 0 aromatic carbocycles. The van der Waals surface area contributed by atoms with Gasteiger partial charge in [-0.25, -0.2) is 4.57 Å². The van der Waals surface area contributed by atoms with E-state index in [2.05, 4.69) is 5.73 Å². The van der Waals surface area contributed by atoms with Crippen LogP contribution in [0.4, 0.5) is 0 Å². The number of ether oxygens (including phenoxy) is 1. The Labute approximate surface area is 106 Å². The van der Waals surface area contributed by atoms with E-state index in [-0.39, 0.29) is 6.61 Å². The van der Waals surface area contributed by atoms with Gasteiger partial charge in [-0.3, -0.25) is 9.05 Å². The van der Waals surface area contributed by atoms with E-state index in [0.29, 0.717) is 0 Å². The van der Waals surface area contributed by atoms with Gasteiger partial charge < -0.3 is 14.7 Å². The van der Waals surface area contributed by atoms with E-state index in [1.165, 1.54) is 6.08 Å². The topological polar surface area (TPSA) is 85.2 Å². The Balaban J connectivity index is 2.46. The van der Waals surface area contributed by atoms with Gasteiger partial charge in [-0.05, 0) is 25.5 Å². The summed E-state index contributed by atoms with van der Waals surface area (Å²) < 4.78 is 26.8. The van der Waals surface area contributed by atoms with Crippen molar-refractivity contribution in [3.63, 3.8) is 0 Å². The highest BCUT2D eigenvalue weighted by Crippen LogP contribution is 2.61. The lowest BCUT2D eigenvalue weighted by molar-refractivity contribution is -0.00511. The highest BCUT2D eigenvalue weighted by molar-refractivity contribution is 7.47. The van der Waals surface area contributed by atoms with Crippen molar-refractivity contribution in [3.05, 3.63) is 17.4 Å². The third kappa shape index (κ3) is 2.24. The monoisotopic (exact) mass is 272 g/mol. The maximum Gasteiger partial charge on any atom is 0.473 e. The van der Waals surface area contributed by atoms with E-state index in [1.54, 1.807) is 13.8 Å². The first kappa shape index (κ1) is 14.0. The number of aliphatic hydroxyl groups excluding tert-OH is 1. The first-order valence-electron chi connectivity index (χ1n) is 5.45. The molecule has 0 saturated carbocycles. The molecule has 6 nitrogen and oxygen atoms in total. The van der Waals surface area contributed by atoms with Gasteiger partial charge in [0.15, 0.2) is 5.60 Å². The fourth-order valence-corrected chi connectivity index (χ4v) is 3.31. The highest BCUT2D eigenvalue weighted by Gasteiger charge is 2.64. The van der Waals surface area contributed by atoms with Gasteiger partial charge in [0.05, 0.1) is 12.6 Å².